The van der Waals surface area contributed by atoms with E-state index in [2.05, 4.69) is 10.1 Å². The smallest absolute Gasteiger partial charge is 0.349 e. The quantitative estimate of drug-likeness (QED) is 0.421. The van der Waals surface area contributed by atoms with Gasteiger partial charge < -0.3 is 9.47 Å². The van der Waals surface area contributed by atoms with E-state index in [0.717, 1.165) is 28.4 Å². The number of benzene rings is 2. The fraction of sp³-hybridized carbons (Fsp3) is 0.130. The van der Waals surface area contributed by atoms with Gasteiger partial charge in [-0.3, -0.25) is 9.79 Å². The lowest BCUT2D eigenvalue weighted by Gasteiger charge is -2.03. The summed E-state index contributed by atoms with van der Waals surface area (Å²) in [4.78, 5) is 29.1. The second-order valence-corrected chi connectivity index (χ2v) is 7.19. The molecule has 7 nitrogen and oxygen atoms in total. The van der Waals surface area contributed by atoms with E-state index >= 15 is 0 Å². The van der Waals surface area contributed by atoms with Gasteiger partial charge in [0.05, 0.1) is 20.8 Å². The fourth-order valence-electron chi connectivity index (χ4n) is 2.65. The van der Waals surface area contributed by atoms with E-state index in [1.54, 1.807) is 13.2 Å². The number of ether oxygens (including phenoxy) is 2. The molecule has 0 aliphatic heterocycles. The molecule has 0 N–H and O–H groups in total. The Hall–Kier alpha value is -3.78. The Balaban J connectivity index is 1.96. The summed E-state index contributed by atoms with van der Waals surface area (Å²) in [5.41, 5.74) is 1.55. The first-order chi connectivity index (χ1) is 15.1. The van der Waals surface area contributed by atoms with Crippen molar-refractivity contribution in [1.29, 1.82) is 0 Å². The van der Waals surface area contributed by atoms with Crippen molar-refractivity contribution in [3.8, 4) is 5.75 Å². The van der Waals surface area contributed by atoms with E-state index in [1.807, 2.05) is 60.7 Å². The molecule has 0 fully saturated rings. The Morgan fingerprint density at radius 1 is 1.10 bits per heavy atom. The molecule has 1 aromatic heterocycles. The molecule has 0 saturated heterocycles. The predicted octanol–water partition coefficient (Wildman–Crippen LogP) is 3.35. The topological polar surface area (TPSA) is 82.3 Å². The molecule has 158 valence electrons. The maximum absolute atomic E-state index is 12.6. The molecule has 0 saturated carbocycles. The molecule has 0 amide bonds. The Morgan fingerprint density at radius 2 is 1.84 bits per heavy atom. The third-order valence-corrected chi connectivity index (χ3v) is 5.08. The molecular weight excluding hydrogens is 414 g/mol. The molecule has 0 spiro atoms. The van der Waals surface area contributed by atoms with E-state index in [0.29, 0.717) is 6.54 Å². The van der Waals surface area contributed by atoms with Gasteiger partial charge in [0.15, 0.2) is 0 Å². The summed E-state index contributed by atoms with van der Waals surface area (Å²) in [6, 6.07) is 18.3. The van der Waals surface area contributed by atoms with Gasteiger partial charge in [-0.05, 0) is 35.3 Å². The first-order valence-electron chi connectivity index (χ1n) is 9.37. The molecule has 0 aliphatic carbocycles. The average Bonchev–Trinajstić information content (AvgIpc) is 2.81. The van der Waals surface area contributed by atoms with E-state index in [4.69, 9.17) is 9.47 Å². The standard InChI is InChI=1S/C23H21N3O4S/c1-29-20-13-7-6-11-18(20)12-8-14-25-26-22(24-16-17-9-4-3-5-10-17)19(27)15-21(31-26)23(28)30-2/h3-15H,16H2,1-2H3/b12-8+,24-22?,25-14+. The average molecular weight is 436 g/mol. The first kappa shape index (κ1) is 21.9. The summed E-state index contributed by atoms with van der Waals surface area (Å²) >= 11 is 0.977. The lowest BCUT2D eigenvalue weighted by molar-refractivity contribution is 0.0605. The fourth-order valence-corrected chi connectivity index (χ4v) is 3.49. The molecule has 1 heterocycles. The number of rotatable bonds is 7. The summed E-state index contributed by atoms with van der Waals surface area (Å²) in [5, 5.41) is 4.31. The van der Waals surface area contributed by atoms with E-state index < -0.39 is 11.4 Å². The maximum Gasteiger partial charge on any atom is 0.349 e. The van der Waals surface area contributed by atoms with Crippen LogP contribution in [-0.4, -0.2) is 30.5 Å². The van der Waals surface area contributed by atoms with Gasteiger partial charge in [0, 0.05) is 17.8 Å². The number of carbonyl (C=O) groups is 1. The molecule has 0 atom stereocenters. The van der Waals surface area contributed by atoms with Crippen LogP contribution in [0, 0.1) is 0 Å². The van der Waals surface area contributed by atoms with Crippen molar-refractivity contribution in [3.05, 3.63) is 98.5 Å². The molecule has 0 radical (unpaired) electrons. The van der Waals surface area contributed by atoms with Gasteiger partial charge in [-0.15, -0.1) is 0 Å². The van der Waals surface area contributed by atoms with Crippen LogP contribution in [0.3, 0.4) is 0 Å². The van der Waals surface area contributed by atoms with Crippen LogP contribution in [-0.2, 0) is 11.3 Å². The van der Waals surface area contributed by atoms with E-state index in [9.17, 15) is 9.59 Å². The monoisotopic (exact) mass is 435 g/mol. The van der Waals surface area contributed by atoms with Gasteiger partial charge in [0.25, 0.3) is 0 Å². The van der Waals surface area contributed by atoms with Crippen LogP contribution < -0.4 is 15.7 Å². The molecule has 0 bridgehead atoms. The highest BCUT2D eigenvalue weighted by Crippen LogP contribution is 2.18. The van der Waals surface area contributed by atoms with Gasteiger partial charge in [-0.2, -0.15) is 9.17 Å². The first-order valence-corrected chi connectivity index (χ1v) is 10.1. The number of carbonyl (C=O) groups excluding carboxylic acids is 1. The minimum atomic E-state index is -0.606. The van der Waals surface area contributed by atoms with Crippen LogP contribution in [0.1, 0.15) is 20.8 Å². The van der Waals surface area contributed by atoms with Gasteiger partial charge in [-0.1, -0.05) is 48.5 Å². The normalized spacial score (nSPS) is 11.9. The summed E-state index contributed by atoms with van der Waals surface area (Å²) in [5.74, 6) is 0.126. The van der Waals surface area contributed by atoms with Crippen molar-refractivity contribution in [2.24, 2.45) is 10.1 Å². The Morgan fingerprint density at radius 3 is 2.58 bits per heavy atom. The maximum atomic E-state index is 12.6. The summed E-state index contributed by atoms with van der Waals surface area (Å²) in [6.45, 7) is 0.312. The van der Waals surface area contributed by atoms with Crippen molar-refractivity contribution in [3.63, 3.8) is 0 Å². The van der Waals surface area contributed by atoms with Crippen LogP contribution in [0.4, 0.5) is 0 Å². The van der Waals surface area contributed by atoms with Gasteiger partial charge in [0.1, 0.15) is 10.6 Å². The van der Waals surface area contributed by atoms with E-state index in [1.165, 1.54) is 23.5 Å². The van der Waals surface area contributed by atoms with Crippen LogP contribution in [0.2, 0.25) is 0 Å². The van der Waals surface area contributed by atoms with Crippen molar-refractivity contribution >= 4 is 29.8 Å². The highest BCUT2D eigenvalue weighted by Gasteiger charge is 2.11. The highest BCUT2D eigenvalue weighted by molar-refractivity contribution is 7.08. The Bertz CT molecular complexity index is 1230. The lowest BCUT2D eigenvalue weighted by atomic mass is 10.2. The highest BCUT2D eigenvalue weighted by atomic mass is 32.1. The zero-order valence-corrected chi connectivity index (χ0v) is 17.9. The largest absolute Gasteiger partial charge is 0.496 e. The third-order valence-electron chi connectivity index (χ3n) is 4.16. The number of hydrogen-bond acceptors (Lipinski definition) is 7. The molecular formula is C23H21N3O4S. The molecule has 3 aromatic rings. The third kappa shape index (κ3) is 5.86. The molecule has 8 heteroatoms. The number of hydrogen-bond donors (Lipinski definition) is 0. The van der Waals surface area contributed by atoms with Crippen LogP contribution in [0.25, 0.3) is 6.08 Å². The summed E-state index contributed by atoms with van der Waals surface area (Å²) in [6.07, 6.45) is 5.06. The minimum absolute atomic E-state index is 0.128. The number of esters is 1. The molecule has 2 aromatic carbocycles. The molecule has 0 unspecified atom stereocenters. The Labute approximate surface area is 183 Å². The predicted molar refractivity (Wildman–Crippen MR) is 122 cm³/mol. The van der Waals surface area contributed by atoms with Crippen LogP contribution in [0.15, 0.2) is 81.6 Å². The summed E-state index contributed by atoms with van der Waals surface area (Å²) in [7, 11) is 2.86. The van der Waals surface area contributed by atoms with Crippen molar-refractivity contribution in [2.75, 3.05) is 14.2 Å². The number of para-hydroxylation sites is 1. The molecule has 0 aliphatic rings. The van der Waals surface area contributed by atoms with E-state index in [-0.39, 0.29) is 10.4 Å². The van der Waals surface area contributed by atoms with Crippen molar-refractivity contribution in [1.82, 2.24) is 4.07 Å². The van der Waals surface area contributed by atoms with Gasteiger partial charge in [0.2, 0.25) is 10.9 Å². The second-order valence-electron chi connectivity index (χ2n) is 6.22. The zero-order valence-electron chi connectivity index (χ0n) is 17.1. The van der Waals surface area contributed by atoms with Crippen molar-refractivity contribution < 1.29 is 14.3 Å². The number of nitrogens with zero attached hydrogens (tertiary/aromatic N) is 3. The SMILES string of the molecule is COC(=O)c1cc(=O)c(=NCc2ccccc2)n(/N=C/C=C/c2ccccc2OC)s1. The van der Waals surface area contributed by atoms with Crippen molar-refractivity contribution in [2.45, 2.75) is 6.54 Å². The lowest BCUT2D eigenvalue weighted by Crippen LogP contribution is -2.33. The summed E-state index contributed by atoms with van der Waals surface area (Å²) < 4.78 is 11.4. The second kappa shape index (κ2) is 10.8. The number of allylic oxidation sites excluding steroid dienone is 1. The zero-order chi connectivity index (χ0) is 22.1. The minimum Gasteiger partial charge on any atom is -0.496 e. The van der Waals surface area contributed by atoms with Gasteiger partial charge in [-0.25, -0.2) is 4.79 Å². The molecule has 3 rings (SSSR count). The van der Waals surface area contributed by atoms with Crippen LogP contribution in [0.5, 0.6) is 5.75 Å². The number of methoxy groups -OCH3 is 2. The van der Waals surface area contributed by atoms with Crippen LogP contribution >= 0.6 is 11.5 Å². The Kier molecular flexibility index (Phi) is 7.67. The molecule has 31 heavy (non-hydrogen) atoms. The number of aromatic nitrogens is 1. The van der Waals surface area contributed by atoms with Gasteiger partial charge >= 0.3 is 5.97 Å².